The van der Waals surface area contributed by atoms with Gasteiger partial charge in [-0.05, 0) is 36.4 Å². The van der Waals surface area contributed by atoms with Gasteiger partial charge in [-0.2, -0.15) is 13.2 Å². The quantitative estimate of drug-likeness (QED) is 0.548. The second kappa shape index (κ2) is 8.63. The van der Waals surface area contributed by atoms with Crippen molar-refractivity contribution in [3.63, 3.8) is 0 Å². The van der Waals surface area contributed by atoms with Crippen LogP contribution in [-0.4, -0.2) is 39.6 Å². The van der Waals surface area contributed by atoms with Crippen molar-refractivity contribution in [2.24, 2.45) is 0 Å². The molecule has 1 fully saturated rings. The molecule has 1 aromatic heterocycles. The van der Waals surface area contributed by atoms with Crippen molar-refractivity contribution in [3.05, 3.63) is 77.3 Å². The molecule has 0 unspecified atom stereocenters. The highest BCUT2D eigenvalue weighted by molar-refractivity contribution is 6.30. The van der Waals surface area contributed by atoms with Crippen LogP contribution in [-0.2, 0) is 6.18 Å². The molecule has 2 aromatic carbocycles. The lowest BCUT2D eigenvalue weighted by atomic mass is 10.1. The highest BCUT2D eigenvalue weighted by atomic mass is 35.5. The molecule has 0 aliphatic carbocycles. The summed E-state index contributed by atoms with van der Waals surface area (Å²) in [6, 6.07) is 12.2. The highest BCUT2D eigenvalue weighted by Gasteiger charge is 2.35. The molecule has 0 N–H and O–H groups in total. The van der Waals surface area contributed by atoms with Crippen LogP contribution in [0.5, 0.6) is 5.75 Å². The Bertz CT molecular complexity index is 1060. The number of hydrogen-bond acceptors (Lipinski definition) is 3. The molecule has 1 saturated heterocycles. The summed E-state index contributed by atoms with van der Waals surface area (Å²) in [6.45, 7) is 0.843. The Morgan fingerprint density at radius 3 is 2.42 bits per heavy atom. The number of para-hydroxylation sites is 1. The van der Waals surface area contributed by atoms with Crippen LogP contribution in [0.4, 0.5) is 13.2 Å². The van der Waals surface area contributed by atoms with E-state index in [4.69, 9.17) is 16.3 Å². The molecular weight excluding hydrogens is 431 g/mol. The maximum absolute atomic E-state index is 13.4. The molecule has 0 spiro atoms. The van der Waals surface area contributed by atoms with Gasteiger partial charge in [0.1, 0.15) is 11.9 Å². The summed E-state index contributed by atoms with van der Waals surface area (Å²) in [5.41, 5.74) is -0.950. The maximum Gasteiger partial charge on any atom is 0.418 e. The van der Waals surface area contributed by atoms with Crippen molar-refractivity contribution in [1.82, 2.24) is 14.5 Å². The number of hydrogen-bond donors (Lipinski definition) is 0. The predicted octanol–water partition coefficient (Wildman–Crippen LogP) is 5.23. The summed E-state index contributed by atoms with van der Waals surface area (Å²) in [5, 5.41) is 0.621. The van der Waals surface area contributed by atoms with Gasteiger partial charge in [-0.3, -0.25) is 9.36 Å². The SMILES string of the molecule is O=C(c1nccn1-c1ccccc1C(F)(F)F)N1CCC(Oc2ccc(Cl)cc2)CC1. The van der Waals surface area contributed by atoms with Gasteiger partial charge in [0.05, 0.1) is 11.3 Å². The molecule has 1 aliphatic heterocycles. The topological polar surface area (TPSA) is 47.4 Å². The zero-order valence-corrected chi connectivity index (χ0v) is 17.1. The first kappa shape index (κ1) is 21.2. The van der Waals surface area contributed by atoms with Crippen LogP contribution in [0.3, 0.4) is 0 Å². The molecule has 0 radical (unpaired) electrons. The van der Waals surface area contributed by atoms with Gasteiger partial charge in [-0.25, -0.2) is 4.98 Å². The Balaban J connectivity index is 1.47. The zero-order valence-electron chi connectivity index (χ0n) is 16.3. The monoisotopic (exact) mass is 449 g/mol. The van der Waals surface area contributed by atoms with E-state index in [1.54, 1.807) is 29.2 Å². The van der Waals surface area contributed by atoms with Gasteiger partial charge in [0.2, 0.25) is 5.82 Å². The van der Waals surface area contributed by atoms with Gasteiger partial charge in [0.25, 0.3) is 5.91 Å². The number of rotatable bonds is 4. The number of carbonyl (C=O) groups is 1. The van der Waals surface area contributed by atoms with E-state index in [-0.39, 0.29) is 17.6 Å². The van der Waals surface area contributed by atoms with E-state index in [0.717, 1.165) is 6.07 Å². The molecule has 2 heterocycles. The van der Waals surface area contributed by atoms with Gasteiger partial charge in [-0.1, -0.05) is 23.7 Å². The lowest BCUT2D eigenvalue weighted by Gasteiger charge is -2.32. The largest absolute Gasteiger partial charge is 0.490 e. The average molecular weight is 450 g/mol. The summed E-state index contributed by atoms with van der Waals surface area (Å²) in [7, 11) is 0. The van der Waals surface area contributed by atoms with E-state index in [1.807, 2.05) is 0 Å². The van der Waals surface area contributed by atoms with Crippen molar-refractivity contribution in [1.29, 1.82) is 0 Å². The van der Waals surface area contributed by atoms with Crippen LogP contribution in [0.15, 0.2) is 60.9 Å². The van der Waals surface area contributed by atoms with Crippen molar-refractivity contribution in [2.75, 3.05) is 13.1 Å². The molecule has 0 saturated carbocycles. The highest BCUT2D eigenvalue weighted by Crippen LogP contribution is 2.34. The first-order valence-corrected chi connectivity index (χ1v) is 10.1. The zero-order chi connectivity index (χ0) is 22.0. The minimum atomic E-state index is -4.54. The fourth-order valence-corrected chi connectivity index (χ4v) is 3.73. The van der Waals surface area contributed by atoms with Crippen molar-refractivity contribution < 1.29 is 22.7 Å². The Labute approximate surface area is 182 Å². The van der Waals surface area contributed by atoms with Gasteiger partial charge in [-0.15, -0.1) is 0 Å². The van der Waals surface area contributed by atoms with Crippen LogP contribution < -0.4 is 4.74 Å². The van der Waals surface area contributed by atoms with Crippen molar-refractivity contribution in [2.45, 2.75) is 25.1 Å². The lowest BCUT2D eigenvalue weighted by molar-refractivity contribution is -0.137. The van der Waals surface area contributed by atoms with Crippen LogP contribution in [0.2, 0.25) is 5.02 Å². The number of halogens is 4. The Hall–Kier alpha value is -3.00. The number of imidazole rings is 1. The molecule has 1 amide bonds. The third-order valence-electron chi connectivity index (χ3n) is 5.15. The number of alkyl halides is 3. The van der Waals surface area contributed by atoms with E-state index in [2.05, 4.69) is 4.98 Å². The summed E-state index contributed by atoms with van der Waals surface area (Å²) < 4.78 is 47.4. The number of likely N-dealkylation sites (tertiary alicyclic amines) is 1. The lowest BCUT2D eigenvalue weighted by Crippen LogP contribution is -2.42. The first-order chi connectivity index (χ1) is 14.8. The van der Waals surface area contributed by atoms with E-state index in [9.17, 15) is 18.0 Å². The minimum Gasteiger partial charge on any atom is -0.490 e. The number of ether oxygens (including phenoxy) is 1. The number of aromatic nitrogens is 2. The minimum absolute atomic E-state index is 0.0474. The summed E-state index contributed by atoms with van der Waals surface area (Å²) >= 11 is 5.88. The summed E-state index contributed by atoms with van der Waals surface area (Å²) in [4.78, 5) is 18.7. The normalized spacial score (nSPS) is 15.2. The summed E-state index contributed by atoms with van der Waals surface area (Å²) in [5.74, 6) is 0.245. The number of benzene rings is 2. The Morgan fingerprint density at radius 1 is 1.06 bits per heavy atom. The van der Waals surface area contributed by atoms with Crippen LogP contribution in [0, 0.1) is 0 Å². The fraction of sp³-hybridized carbons (Fsp3) is 0.273. The van der Waals surface area contributed by atoms with Crippen LogP contribution >= 0.6 is 11.6 Å². The van der Waals surface area contributed by atoms with Gasteiger partial charge >= 0.3 is 6.18 Å². The molecule has 4 rings (SSSR count). The van der Waals surface area contributed by atoms with Gasteiger partial charge in [0.15, 0.2) is 0 Å². The van der Waals surface area contributed by atoms with E-state index in [1.165, 1.54) is 35.2 Å². The molecule has 5 nitrogen and oxygen atoms in total. The predicted molar refractivity (Wildman–Crippen MR) is 110 cm³/mol. The molecule has 162 valence electrons. The first-order valence-electron chi connectivity index (χ1n) is 9.74. The number of nitrogens with zero attached hydrogens (tertiary/aromatic N) is 3. The molecule has 1 aliphatic rings. The van der Waals surface area contributed by atoms with Gasteiger partial charge in [0, 0.05) is 43.3 Å². The van der Waals surface area contributed by atoms with E-state index >= 15 is 0 Å². The van der Waals surface area contributed by atoms with Crippen molar-refractivity contribution in [3.8, 4) is 11.4 Å². The fourth-order valence-electron chi connectivity index (χ4n) is 3.60. The van der Waals surface area contributed by atoms with Gasteiger partial charge < -0.3 is 9.64 Å². The molecule has 0 bridgehead atoms. The number of carbonyl (C=O) groups excluding carboxylic acids is 1. The number of piperidine rings is 1. The Morgan fingerprint density at radius 2 is 1.74 bits per heavy atom. The number of amides is 1. The average Bonchev–Trinajstić information content (AvgIpc) is 3.25. The Kier molecular flexibility index (Phi) is 5.91. The van der Waals surface area contributed by atoms with E-state index < -0.39 is 17.6 Å². The molecule has 0 atom stereocenters. The second-order valence-corrected chi connectivity index (χ2v) is 7.64. The van der Waals surface area contributed by atoms with E-state index in [0.29, 0.717) is 36.7 Å². The van der Waals surface area contributed by atoms with Crippen LogP contribution in [0.25, 0.3) is 5.69 Å². The smallest absolute Gasteiger partial charge is 0.418 e. The third-order valence-corrected chi connectivity index (χ3v) is 5.40. The van der Waals surface area contributed by atoms with Crippen molar-refractivity contribution >= 4 is 17.5 Å². The summed E-state index contributed by atoms with van der Waals surface area (Å²) in [6.07, 6.45) is -0.692. The maximum atomic E-state index is 13.4. The molecule has 9 heteroatoms. The van der Waals surface area contributed by atoms with Crippen LogP contribution in [0.1, 0.15) is 29.0 Å². The molecular formula is C22H19ClF3N3O2. The molecule has 31 heavy (non-hydrogen) atoms. The molecule has 3 aromatic rings. The third kappa shape index (κ3) is 4.69. The standard InChI is InChI=1S/C22H19ClF3N3O2/c23-15-5-7-16(8-6-15)31-17-9-12-28(13-10-17)21(30)20-27-11-14-29(20)19-4-2-1-3-18(19)22(24,25)26/h1-8,11,14,17H,9-10,12-13H2. The second-order valence-electron chi connectivity index (χ2n) is 7.20.